The maximum Gasteiger partial charge on any atom is 0.303 e. The maximum absolute atomic E-state index is 11.6. The Morgan fingerprint density at radius 2 is 1.38 bits per heavy atom. The van der Waals surface area contributed by atoms with Crippen molar-refractivity contribution in [1.82, 2.24) is 0 Å². The standard InChI is InChI=1S/C18H26O11/c1-10(20)25-9-14-15(26-11(2)21)16(27-12(3)22)17(28-13(4)23)18(29-14)24-8-6-5-7-19/h5-6,14-19H,7-9H2,1-4H3. The van der Waals surface area contributed by atoms with E-state index in [-0.39, 0.29) is 19.8 Å². The summed E-state index contributed by atoms with van der Waals surface area (Å²) in [6.45, 7) is 4.02. The highest BCUT2D eigenvalue weighted by atomic mass is 16.7. The molecule has 1 N–H and O–H groups in total. The smallest absolute Gasteiger partial charge is 0.303 e. The van der Waals surface area contributed by atoms with Gasteiger partial charge in [0.2, 0.25) is 0 Å². The first kappa shape index (κ1) is 24.5. The van der Waals surface area contributed by atoms with Gasteiger partial charge in [0.15, 0.2) is 24.6 Å². The van der Waals surface area contributed by atoms with Crippen LogP contribution in [0.2, 0.25) is 0 Å². The zero-order valence-corrected chi connectivity index (χ0v) is 16.7. The number of esters is 4. The summed E-state index contributed by atoms with van der Waals surface area (Å²) < 4.78 is 31.9. The Kier molecular flexibility index (Phi) is 10.3. The van der Waals surface area contributed by atoms with Gasteiger partial charge in [-0.15, -0.1) is 0 Å². The first-order valence-corrected chi connectivity index (χ1v) is 8.83. The van der Waals surface area contributed by atoms with Gasteiger partial charge in [-0.1, -0.05) is 12.2 Å². The molecule has 0 spiro atoms. The van der Waals surface area contributed by atoms with Crippen molar-refractivity contribution in [2.45, 2.75) is 58.4 Å². The van der Waals surface area contributed by atoms with E-state index in [0.717, 1.165) is 20.8 Å². The van der Waals surface area contributed by atoms with Crippen LogP contribution in [0.5, 0.6) is 0 Å². The Bertz CT molecular complexity index is 615. The topological polar surface area (TPSA) is 144 Å². The van der Waals surface area contributed by atoms with Crippen LogP contribution in [0.4, 0.5) is 0 Å². The minimum Gasteiger partial charge on any atom is -0.463 e. The number of aliphatic hydroxyl groups is 1. The second kappa shape index (κ2) is 12.1. The van der Waals surface area contributed by atoms with Crippen molar-refractivity contribution in [2.75, 3.05) is 19.8 Å². The fourth-order valence-corrected chi connectivity index (χ4v) is 2.62. The molecule has 0 amide bonds. The van der Waals surface area contributed by atoms with Crippen molar-refractivity contribution in [3.63, 3.8) is 0 Å². The summed E-state index contributed by atoms with van der Waals surface area (Å²) in [6, 6.07) is 0. The lowest BCUT2D eigenvalue weighted by Gasteiger charge is -2.43. The second-order valence-corrected chi connectivity index (χ2v) is 6.05. The molecule has 0 aliphatic carbocycles. The number of ether oxygens (including phenoxy) is 6. The normalized spacial score (nSPS) is 26.6. The van der Waals surface area contributed by atoms with Crippen LogP contribution in [0.25, 0.3) is 0 Å². The van der Waals surface area contributed by atoms with Gasteiger partial charge in [0.25, 0.3) is 0 Å². The molecule has 0 aromatic carbocycles. The third kappa shape index (κ3) is 8.59. The average molecular weight is 418 g/mol. The monoisotopic (exact) mass is 418 g/mol. The predicted molar refractivity (Wildman–Crippen MR) is 94.1 cm³/mol. The van der Waals surface area contributed by atoms with Crippen molar-refractivity contribution in [3.05, 3.63) is 12.2 Å². The van der Waals surface area contributed by atoms with Gasteiger partial charge >= 0.3 is 23.9 Å². The van der Waals surface area contributed by atoms with E-state index in [1.165, 1.54) is 19.1 Å². The number of rotatable bonds is 9. The van der Waals surface area contributed by atoms with Gasteiger partial charge in [-0.25, -0.2) is 0 Å². The van der Waals surface area contributed by atoms with Crippen LogP contribution in [0.15, 0.2) is 12.2 Å². The van der Waals surface area contributed by atoms with E-state index in [1.807, 2.05) is 0 Å². The van der Waals surface area contributed by atoms with Crippen LogP contribution in [0.1, 0.15) is 27.7 Å². The SMILES string of the molecule is CC(=O)OCC1OC(OCC=CCO)C(OC(C)=O)C(OC(C)=O)C1OC(C)=O. The number of carbonyl (C=O) groups excluding carboxylic acids is 4. The van der Waals surface area contributed by atoms with E-state index in [1.54, 1.807) is 0 Å². The summed E-state index contributed by atoms with van der Waals surface area (Å²) in [6.07, 6.45) is -3.16. The third-order valence-corrected chi connectivity index (χ3v) is 3.58. The van der Waals surface area contributed by atoms with Gasteiger partial charge in [-0.2, -0.15) is 0 Å². The number of aliphatic hydroxyl groups excluding tert-OH is 1. The molecule has 11 heteroatoms. The molecule has 5 atom stereocenters. The van der Waals surface area contributed by atoms with Crippen LogP contribution in [-0.2, 0) is 47.6 Å². The lowest BCUT2D eigenvalue weighted by Crippen LogP contribution is -2.62. The molecule has 5 unspecified atom stereocenters. The first-order valence-electron chi connectivity index (χ1n) is 8.83. The predicted octanol–water partition coefficient (Wildman–Crippen LogP) is -0.365. The fourth-order valence-electron chi connectivity index (χ4n) is 2.62. The first-order chi connectivity index (χ1) is 13.6. The molecule has 1 rings (SSSR count). The third-order valence-electron chi connectivity index (χ3n) is 3.58. The quantitative estimate of drug-likeness (QED) is 0.297. The Morgan fingerprint density at radius 3 is 1.90 bits per heavy atom. The molecule has 1 aliphatic rings. The summed E-state index contributed by atoms with van der Waals surface area (Å²) in [7, 11) is 0. The largest absolute Gasteiger partial charge is 0.463 e. The molecule has 0 saturated carbocycles. The molecule has 164 valence electrons. The molecule has 0 radical (unpaired) electrons. The van der Waals surface area contributed by atoms with Crippen molar-refractivity contribution >= 4 is 23.9 Å². The molecule has 1 saturated heterocycles. The van der Waals surface area contributed by atoms with Gasteiger partial charge in [-0.05, 0) is 0 Å². The van der Waals surface area contributed by atoms with E-state index >= 15 is 0 Å². The fraction of sp³-hybridized carbons (Fsp3) is 0.667. The van der Waals surface area contributed by atoms with Crippen molar-refractivity contribution in [2.24, 2.45) is 0 Å². The van der Waals surface area contributed by atoms with Crippen molar-refractivity contribution in [1.29, 1.82) is 0 Å². The van der Waals surface area contributed by atoms with E-state index in [9.17, 15) is 19.2 Å². The van der Waals surface area contributed by atoms with E-state index < -0.39 is 54.6 Å². The van der Waals surface area contributed by atoms with E-state index in [2.05, 4.69) is 0 Å². The molecule has 0 bridgehead atoms. The minimum atomic E-state index is -1.28. The van der Waals surface area contributed by atoms with Gasteiger partial charge in [0.1, 0.15) is 12.7 Å². The molecule has 29 heavy (non-hydrogen) atoms. The highest BCUT2D eigenvalue weighted by Crippen LogP contribution is 2.29. The van der Waals surface area contributed by atoms with Crippen LogP contribution < -0.4 is 0 Å². The van der Waals surface area contributed by atoms with Crippen LogP contribution >= 0.6 is 0 Å². The lowest BCUT2D eigenvalue weighted by atomic mass is 9.98. The summed E-state index contributed by atoms with van der Waals surface area (Å²) >= 11 is 0. The van der Waals surface area contributed by atoms with Gasteiger partial charge < -0.3 is 33.5 Å². The van der Waals surface area contributed by atoms with E-state index in [4.69, 9.17) is 33.5 Å². The highest BCUT2D eigenvalue weighted by Gasteiger charge is 2.52. The van der Waals surface area contributed by atoms with E-state index in [0.29, 0.717) is 0 Å². The second-order valence-electron chi connectivity index (χ2n) is 6.05. The molecular formula is C18H26O11. The zero-order chi connectivity index (χ0) is 22.0. The van der Waals surface area contributed by atoms with Crippen molar-refractivity contribution < 1.29 is 52.7 Å². The average Bonchev–Trinajstić information content (AvgIpc) is 2.60. The van der Waals surface area contributed by atoms with Gasteiger partial charge in [-0.3, -0.25) is 19.2 Å². The summed E-state index contributed by atoms with van der Waals surface area (Å²) in [5.41, 5.74) is 0. The number of hydrogen-bond acceptors (Lipinski definition) is 11. The molecular weight excluding hydrogens is 392 g/mol. The molecule has 0 aromatic rings. The zero-order valence-electron chi connectivity index (χ0n) is 16.7. The van der Waals surface area contributed by atoms with Crippen LogP contribution in [0, 0.1) is 0 Å². The lowest BCUT2D eigenvalue weighted by molar-refractivity contribution is -0.306. The Hall–Kier alpha value is -2.50. The van der Waals surface area contributed by atoms with Crippen LogP contribution in [-0.4, -0.2) is 79.5 Å². The minimum absolute atomic E-state index is 0.0334. The van der Waals surface area contributed by atoms with Crippen LogP contribution in [0.3, 0.4) is 0 Å². The number of hydrogen-bond donors (Lipinski definition) is 1. The molecule has 1 aliphatic heterocycles. The molecule has 1 fully saturated rings. The van der Waals surface area contributed by atoms with Crippen molar-refractivity contribution in [3.8, 4) is 0 Å². The summed E-state index contributed by atoms with van der Waals surface area (Å²) in [5.74, 6) is -2.76. The number of carbonyl (C=O) groups is 4. The molecule has 0 aromatic heterocycles. The van der Waals surface area contributed by atoms with Gasteiger partial charge in [0.05, 0.1) is 13.2 Å². The Morgan fingerprint density at radius 1 is 0.828 bits per heavy atom. The summed E-state index contributed by atoms with van der Waals surface area (Å²) in [4.78, 5) is 46.0. The Labute approximate surface area is 167 Å². The summed E-state index contributed by atoms with van der Waals surface area (Å²) in [5, 5.41) is 8.80. The maximum atomic E-state index is 11.6. The molecule has 1 heterocycles. The van der Waals surface area contributed by atoms with Gasteiger partial charge in [0, 0.05) is 27.7 Å². The highest BCUT2D eigenvalue weighted by molar-refractivity contribution is 5.68. The Balaban J connectivity index is 3.22. The molecule has 11 nitrogen and oxygen atoms in total.